The summed E-state index contributed by atoms with van der Waals surface area (Å²) in [4.78, 5) is 11.5. The number of aromatic nitrogens is 2. The van der Waals surface area contributed by atoms with E-state index in [1.54, 1.807) is 18.3 Å². The second-order valence-electron chi connectivity index (χ2n) is 8.05. The van der Waals surface area contributed by atoms with Crippen LogP contribution in [-0.2, 0) is 17.5 Å². The van der Waals surface area contributed by atoms with Crippen molar-refractivity contribution in [2.45, 2.75) is 56.7 Å². The quantitative estimate of drug-likeness (QED) is 0.542. The van der Waals surface area contributed by atoms with Crippen molar-refractivity contribution >= 4 is 16.9 Å². The Morgan fingerprint density at radius 2 is 1.84 bits per heavy atom. The summed E-state index contributed by atoms with van der Waals surface area (Å²) in [6.07, 6.45) is -1.05. The van der Waals surface area contributed by atoms with Gasteiger partial charge in [-0.3, -0.25) is 4.68 Å². The van der Waals surface area contributed by atoms with E-state index in [0.29, 0.717) is 16.5 Å². The molecule has 2 aromatic carbocycles. The molecule has 0 radical (unpaired) electrons. The van der Waals surface area contributed by atoms with Gasteiger partial charge in [0.15, 0.2) is 0 Å². The maximum Gasteiger partial charge on any atom is 0.416 e. The molecule has 3 aromatic rings. The summed E-state index contributed by atoms with van der Waals surface area (Å²) in [5, 5.41) is 25.4. The van der Waals surface area contributed by atoms with Gasteiger partial charge < -0.3 is 14.9 Å². The highest BCUT2D eigenvalue weighted by molar-refractivity contribution is 6.01. The maximum atomic E-state index is 12.9. The minimum atomic E-state index is -4.46. The predicted octanol–water partition coefficient (Wildman–Crippen LogP) is 4.81. The molecular formula is C23H23F3N2O4. The van der Waals surface area contributed by atoms with E-state index in [2.05, 4.69) is 5.10 Å². The van der Waals surface area contributed by atoms with Gasteiger partial charge in [0.1, 0.15) is 17.7 Å². The Bertz CT molecular complexity index is 1090. The van der Waals surface area contributed by atoms with Crippen molar-refractivity contribution in [2.75, 3.05) is 0 Å². The number of aliphatic hydroxyl groups excluding tert-OH is 1. The molecule has 9 heteroatoms. The van der Waals surface area contributed by atoms with Crippen LogP contribution in [0.5, 0.6) is 0 Å². The van der Waals surface area contributed by atoms with Gasteiger partial charge in [-0.05, 0) is 36.6 Å². The maximum absolute atomic E-state index is 12.9. The largest absolute Gasteiger partial charge is 0.478 e. The number of ether oxygens (including phenoxy) is 1. The first kappa shape index (κ1) is 22.3. The number of nitrogens with zero attached hydrogens (tertiary/aromatic N) is 2. The van der Waals surface area contributed by atoms with Crippen LogP contribution >= 0.6 is 0 Å². The molecule has 1 aromatic heterocycles. The number of carboxylic acid groups (broad SMARTS) is 1. The van der Waals surface area contributed by atoms with Gasteiger partial charge >= 0.3 is 12.1 Å². The third kappa shape index (κ3) is 4.78. The number of aromatic carboxylic acids is 1. The van der Waals surface area contributed by atoms with Crippen LogP contribution in [0.15, 0.2) is 48.7 Å². The Kier molecular flexibility index (Phi) is 6.21. The van der Waals surface area contributed by atoms with Crippen LogP contribution in [0.25, 0.3) is 10.9 Å². The van der Waals surface area contributed by atoms with Gasteiger partial charge in [-0.1, -0.05) is 37.1 Å². The lowest BCUT2D eigenvalue weighted by atomic mass is 10.0. The third-order valence-corrected chi connectivity index (χ3v) is 5.78. The molecule has 0 amide bonds. The number of alkyl halides is 3. The van der Waals surface area contributed by atoms with E-state index in [1.165, 1.54) is 22.9 Å². The van der Waals surface area contributed by atoms with Gasteiger partial charge in [0.25, 0.3) is 0 Å². The van der Waals surface area contributed by atoms with E-state index < -0.39 is 29.9 Å². The van der Waals surface area contributed by atoms with Crippen molar-refractivity contribution in [1.82, 2.24) is 9.78 Å². The van der Waals surface area contributed by atoms with Crippen LogP contribution in [0.2, 0.25) is 0 Å². The molecule has 2 unspecified atom stereocenters. The SMILES string of the molecule is O=C(O)c1cccc2cn(CC(OC3CCCC3)C(O)c3ccc(C(F)(F)F)cc3)nc12. The molecule has 0 saturated heterocycles. The molecule has 1 heterocycles. The fraction of sp³-hybridized carbons (Fsp3) is 0.391. The molecule has 2 N–H and O–H groups in total. The third-order valence-electron chi connectivity index (χ3n) is 5.78. The van der Waals surface area contributed by atoms with Gasteiger partial charge in [-0.25, -0.2) is 4.79 Å². The Balaban J connectivity index is 1.61. The summed E-state index contributed by atoms with van der Waals surface area (Å²) < 4.78 is 46.3. The fourth-order valence-electron chi connectivity index (χ4n) is 4.12. The number of hydrogen-bond acceptors (Lipinski definition) is 4. The minimum absolute atomic E-state index is 0.0522. The standard InChI is InChI=1S/C23H23F3N2O4/c24-23(25,26)16-10-8-14(9-11-16)21(29)19(32-17-5-1-2-6-17)13-28-12-15-4-3-7-18(22(30)31)20(15)27-28/h3-4,7-12,17,19,21,29H,1-2,5-6,13H2,(H,30,31). The monoisotopic (exact) mass is 448 g/mol. The molecule has 1 aliphatic rings. The Morgan fingerprint density at radius 3 is 2.47 bits per heavy atom. The summed E-state index contributed by atoms with van der Waals surface area (Å²) in [5.41, 5.74) is -0.0911. The second-order valence-corrected chi connectivity index (χ2v) is 8.05. The number of hydrogen-bond donors (Lipinski definition) is 2. The van der Waals surface area contributed by atoms with Gasteiger partial charge in [0.05, 0.1) is 23.8 Å². The highest BCUT2D eigenvalue weighted by atomic mass is 19.4. The van der Waals surface area contributed by atoms with E-state index in [0.717, 1.165) is 37.8 Å². The Hall–Kier alpha value is -2.91. The van der Waals surface area contributed by atoms with Crippen molar-refractivity contribution in [3.8, 4) is 0 Å². The average molecular weight is 448 g/mol. The number of halogens is 3. The minimum Gasteiger partial charge on any atom is -0.478 e. The van der Waals surface area contributed by atoms with Crippen molar-refractivity contribution in [3.05, 3.63) is 65.4 Å². The molecule has 1 aliphatic carbocycles. The molecule has 0 aliphatic heterocycles. The van der Waals surface area contributed by atoms with Crippen LogP contribution in [0, 0.1) is 0 Å². The van der Waals surface area contributed by atoms with Crippen LogP contribution in [-0.4, -0.2) is 38.2 Å². The number of aliphatic hydroxyl groups is 1. The second kappa shape index (κ2) is 8.91. The summed E-state index contributed by atoms with van der Waals surface area (Å²) in [6.45, 7) is 0.117. The summed E-state index contributed by atoms with van der Waals surface area (Å²) in [6, 6.07) is 9.21. The Morgan fingerprint density at radius 1 is 1.16 bits per heavy atom. The highest BCUT2D eigenvalue weighted by Crippen LogP contribution is 2.32. The lowest BCUT2D eigenvalue weighted by molar-refractivity contribution is -0.137. The zero-order valence-corrected chi connectivity index (χ0v) is 17.1. The molecule has 0 spiro atoms. The van der Waals surface area contributed by atoms with E-state index in [9.17, 15) is 28.2 Å². The lowest BCUT2D eigenvalue weighted by Crippen LogP contribution is -2.31. The summed E-state index contributed by atoms with van der Waals surface area (Å²) in [7, 11) is 0. The van der Waals surface area contributed by atoms with E-state index in [1.807, 2.05) is 0 Å². The zero-order chi connectivity index (χ0) is 22.9. The van der Waals surface area contributed by atoms with E-state index in [4.69, 9.17) is 4.74 Å². The predicted molar refractivity (Wildman–Crippen MR) is 110 cm³/mol. The smallest absolute Gasteiger partial charge is 0.416 e. The molecule has 4 rings (SSSR count). The summed E-state index contributed by atoms with van der Waals surface area (Å²) >= 11 is 0. The number of fused-ring (bicyclic) bond motifs is 1. The van der Waals surface area contributed by atoms with Crippen LogP contribution in [0.1, 0.15) is 53.3 Å². The molecule has 2 atom stereocenters. The number of benzene rings is 2. The van der Waals surface area contributed by atoms with Gasteiger partial charge in [-0.2, -0.15) is 18.3 Å². The van der Waals surface area contributed by atoms with E-state index in [-0.39, 0.29) is 18.2 Å². The van der Waals surface area contributed by atoms with Crippen LogP contribution in [0.3, 0.4) is 0 Å². The van der Waals surface area contributed by atoms with Gasteiger partial charge in [0.2, 0.25) is 0 Å². The zero-order valence-electron chi connectivity index (χ0n) is 17.1. The van der Waals surface area contributed by atoms with Crippen LogP contribution < -0.4 is 0 Å². The topological polar surface area (TPSA) is 84.6 Å². The van der Waals surface area contributed by atoms with Gasteiger partial charge in [0, 0.05) is 11.6 Å². The normalized spacial score (nSPS) is 17.0. The number of carboxylic acids is 1. The van der Waals surface area contributed by atoms with Crippen molar-refractivity contribution in [2.24, 2.45) is 0 Å². The first-order chi connectivity index (χ1) is 15.2. The molecule has 1 saturated carbocycles. The van der Waals surface area contributed by atoms with Crippen molar-refractivity contribution in [3.63, 3.8) is 0 Å². The first-order valence-corrected chi connectivity index (χ1v) is 10.4. The van der Waals surface area contributed by atoms with Crippen molar-refractivity contribution in [1.29, 1.82) is 0 Å². The van der Waals surface area contributed by atoms with Crippen LogP contribution in [0.4, 0.5) is 13.2 Å². The van der Waals surface area contributed by atoms with Gasteiger partial charge in [-0.15, -0.1) is 0 Å². The molecule has 0 bridgehead atoms. The first-order valence-electron chi connectivity index (χ1n) is 10.4. The fourth-order valence-corrected chi connectivity index (χ4v) is 4.12. The average Bonchev–Trinajstić information content (AvgIpc) is 3.41. The molecule has 32 heavy (non-hydrogen) atoms. The number of carbonyl (C=O) groups is 1. The Labute approximate surface area is 182 Å². The molecule has 1 fully saturated rings. The molecular weight excluding hydrogens is 425 g/mol. The number of rotatable bonds is 7. The van der Waals surface area contributed by atoms with Crippen molar-refractivity contribution < 1.29 is 32.9 Å². The molecule has 6 nitrogen and oxygen atoms in total. The lowest BCUT2D eigenvalue weighted by Gasteiger charge is -2.27. The summed E-state index contributed by atoms with van der Waals surface area (Å²) in [5.74, 6) is -1.09. The van der Waals surface area contributed by atoms with E-state index >= 15 is 0 Å². The highest BCUT2D eigenvalue weighted by Gasteiger charge is 2.32. The molecule has 170 valence electrons.